The van der Waals surface area contributed by atoms with Crippen LogP contribution in [-0.2, 0) is 20.8 Å². The van der Waals surface area contributed by atoms with Crippen molar-refractivity contribution in [2.75, 3.05) is 44.4 Å². The molecule has 1 aliphatic rings. The van der Waals surface area contributed by atoms with Gasteiger partial charge in [0.05, 0.1) is 30.0 Å². The first kappa shape index (κ1) is 19.3. The molecule has 7 nitrogen and oxygen atoms in total. The fourth-order valence-corrected chi connectivity index (χ4v) is 4.07. The molecular formula is C17H23ClN4O3S. The quantitative estimate of drug-likeness (QED) is 0.416. The molecule has 3 heterocycles. The second-order valence-corrected chi connectivity index (χ2v) is 7.40. The predicted molar refractivity (Wildman–Crippen MR) is 103 cm³/mol. The lowest BCUT2D eigenvalue weighted by molar-refractivity contribution is -0.143. The molecule has 0 aromatic carbocycles. The standard InChI is InChI=1S/C17H23ClN4O3S/c1-2-25-14(23)4-3-5-19-11-12-10-13-15(26-12)16(21-17(18)20-13)22-6-8-24-9-7-22/h10,19H,2-9,11H2,1H3. The van der Waals surface area contributed by atoms with Crippen molar-refractivity contribution in [2.45, 2.75) is 26.3 Å². The third-order valence-corrected chi connectivity index (χ3v) is 5.32. The number of carbonyl (C=O) groups is 1. The van der Waals surface area contributed by atoms with Crippen molar-refractivity contribution in [1.82, 2.24) is 15.3 Å². The van der Waals surface area contributed by atoms with E-state index in [0.717, 1.165) is 48.6 Å². The van der Waals surface area contributed by atoms with E-state index in [9.17, 15) is 4.79 Å². The molecule has 9 heteroatoms. The Morgan fingerprint density at radius 1 is 1.42 bits per heavy atom. The van der Waals surface area contributed by atoms with E-state index < -0.39 is 0 Å². The van der Waals surface area contributed by atoms with Crippen molar-refractivity contribution in [2.24, 2.45) is 0 Å². The lowest BCUT2D eigenvalue weighted by Gasteiger charge is -2.28. The third-order valence-electron chi connectivity index (χ3n) is 4.03. The Bertz CT molecular complexity index is 749. The number of esters is 1. The molecule has 0 bridgehead atoms. The van der Waals surface area contributed by atoms with Gasteiger partial charge in [0.25, 0.3) is 0 Å². The molecule has 0 saturated carbocycles. The van der Waals surface area contributed by atoms with Crippen LogP contribution >= 0.6 is 22.9 Å². The molecule has 3 rings (SSSR count). The zero-order valence-electron chi connectivity index (χ0n) is 14.8. The van der Waals surface area contributed by atoms with E-state index in [1.165, 1.54) is 4.88 Å². The number of halogens is 1. The molecule has 0 radical (unpaired) electrons. The number of ether oxygens (including phenoxy) is 2. The van der Waals surface area contributed by atoms with E-state index in [-0.39, 0.29) is 11.3 Å². The molecule has 26 heavy (non-hydrogen) atoms. The second-order valence-electron chi connectivity index (χ2n) is 5.93. The summed E-state index contributed by atoms with van der Waals surface area (Å²) in [6, 6.07) is 2.05. The molecule has 1 N–H and O–H groups in total. The highest BCUT2D eigenvalue weighted by Gasteiger charge is 2.19. The van der Waals surface area contributed by atoms with Gasteiger partial charge in [-0.25, -0.2) is 4.98 Å². The SMILES string of the molecule is CCOC(=O)CCCNCc1cc2nc(Cl)nc(N3CCOCC3)c2s1. The molecule has 2 aromatic rings. The van der Waals surface area contributed by atoms with Gasteiger partial charge in [-0.3, -0.25) is 4.79 Å². The number of nitrogens with zero attached hydrogens (tertiary/aromatic N) is 3. The first-order valence-electron chi connectivity index (χ1n) is 8.82. The van der Waals surface area contributed by atoms with Crippen molar-refractivity contribution < 1.29 is 14.3 Å². The normalized spacial score (nSPS) is 14.8. The summed E-state index contributed by atoms with van der Waals surface area (Å²) in [5.41, 5.74) is 0.875. The summed E-state index contributed by atoms with van der Waals surface area (Å²) in [6.45, 7) is 6.75. The number of fused-ring (bicyclic) bond motifs is 1. The maximum atomic E-state index is 11.3. The molecule has 142 valence electrons. The van der Waals surface area contributed by atoms with Crippen LogP contribution in [0.3, 0.4) is 0 Å². The third kappa shape index (κ3) is 5.03. The van der Waals surface area contributed by atoms with Gasteiger partial charge in [0, 0.05) is 30.9 Å². The molecular weight excluding hydrogens is 376 g/mol. The molecule has 0 atom stereocenters. The molecule has 0 spiro atoms. The van der Waals surface area contributed by atoms with Gasteiger partial charge in [-0.2, -0.15) is 4.98 Å². The second kappa shape index (κ2) is 9.45. The number of thiophene rings is 1. The number of rotatable bonds is 8. The van der Waals surface area contributed by atoms with Crippen LogP contribution in [0, 0.1) is 0 Å². The summed E-state index contributed by atoms with van der Waals surface area (Å²) in [5, 5.41) is 3.63. The van der Waals surface area contributed by atoms with Crippen molar-refractivity contribution in [3.05, 3.63) is 16.2 Å². The molecule has 1 saturated heterocycles. The smallest absolute Gasteiger partial charge is 0.305 e. The van der Waals surface area contributed by atoms with Gasteiger partial charge in [-0.1, -0.05) is 0 Å². The number of hydrogen-bond acceptors (Lipinski definition) is 8. The molecule has 2 aromatic heterocycles. The molecule has 1 aliphatic heterocycles. The Kier molecular flexibility index (Phi) is 7.01. The highest BCUT2D eigenvalue weighted by molar-refractivity contribution is 7.19. The highest BCUT2D eigenvalue weighted by Crippen LogP contribution is 2.33. The maximum Gasteiger partial charge on any atom is 0.305 e. The minimum atomic E-state index is -0.142. The fraction of sp³-hybridized carbons (Fsp3) is 0.588. The van der Waals surface area contributed by atoms with Crippen LogP contribution in [-0.4, -0.2) is 55.4 Å². The lowest BCUT2D eigenvalue weighted by Crippen LogP contribution is -2.36. The van der Waals surface area contributed by atoms with E-state index in [1.807, 2.05) is 6.92 Å². The maximum absolute atomic E-state index is 11.3. The lowest BCUT2D eigenvalue weighted by atomic mass is 10.3. The van der Waals surface area contributed by atoms with Gasteiger partial charge in [0.2, 0.25) is 5.28 Å². The van der Waals surface area contributed by atoms with Gasteiger partial charge in [-0.05, 0) is 37.6 Å². The fourth-order valence-electron chi connectivity index (χ4n) is 2.82. The highest BCUT2D eigenvalue weighted by atomic mass is 35.5. The Balaban J connectivity index is 1.60. The van der Waals surface area contributed by atoms with Crippen molar-refractivity contribution in [1.29, 1.82) is 0 Å². The Labute approximate surface area is 161 Å². The summed E-state index contributed by atoms with van der Waals surface area (Å²) < 4.78 is 11.4. The number of aromatic nitrogens is 2. The largest absolute Gasteiger partial charge is 0.466 e. The minimum absolute atomic E-state index is 0.142. The first-order chi connectivity index (χ1) is 12.7. The molecule has 0 amide bonds. The van der Waals surface area contributed by atoms with Crippen LogP contribution in [0.25, 0.3) is 10.2 Å². The number of anilines is 1. The van der Waals surface area contributed by atoms with Crippen LogP contribution in [0.15, 0.2) is 6.07 Å². The average Bonchev–Trinajstić information content (AvgIpc) is 3.04. The molecule has 0 unspecified atom stereocenters. The van der Waals surface area contributed by atoms with Gasteiger partial charge in [0.15, 0.2) is 5.82 Å². The van der Waals surface area contributed by atoms with Crippen LogP contribution in [0.2, 0.25) is 5.28 Å². The predicted octanol–water partition coefficient (Wildman–Crippen LogP) is 2.61. The van der Waals surface area contributed by atoms with Crippen LogP contribution in [0.5, 0.6) is 0 Å². The topological polar surface area (TPSA) is 76.6 Å². The van der Waals surface area contributed by atoms with E-state index in [1.54, 1.807) is 11.3 Å². The van der Waals surface area contributed by atoms with Gasteiger partial charge in [0.1, 0.15) is 0 Å². The van der Waals surface area contributed by atoms with Crippen molar-refractivity contribution >= 4 is 44.9 Å². The average molecular weight is 399 g/mol. The van der Waals surface area contributed by atoms with Crippen molar-refractivity contribution in [3.8, 4) is 0 Å². The number of morpholine rings is 1. The first-order valence-corrected chi connectivity index (χ1v) is 10.0. The Morgan fingerprint density at radius 2 is 2.23 bits per heavy atom. The monoisotopic (exact) mass is 398 g/mol. The van der Waals surface area contributed by atoms with E-state index in [4.69, 9.17) is 21.1 Å². The van der Waals surface area contributed by atoms with Crippen LogP contribution < -0.4 is 10.2 Å². The van der Waals surface area contributed by atoms with E-state index in [2.05, 4.69) is 26.3 Å². The summed E-state index contributed by atoms with van der Waals surface area (Å²) >= 11 is 7.80. The Hall–Kier alpha value is -1.48. The summed E-state index contributed by atoms with van der Waals surface area (Å²) in [6.07, 6.45) is 1.20. The number of nitrogens with one attached hydrogen (secondary N) is 1. The summed E-state index contributed by atoms with van der Waals surface area (Å²) in [7, 11) is 0. The zero-order chi connectivity index (χ0) is 18.4. The van der Waals surface area contributed by atoms with Crippen LogP contribution in [0.4, 0.5) is 5.82 Å². The van der Waals surface area contributed by atoms with Crippen LogP contribution in [0.1, 0.15) is 24.6 Å². The summed E-state index contributed by atoms with van der Waals surface area (Å²) in [5.74, 6) is 0.748. The van der Waals surface area contributed by atoms with Gasteiger partial charge in [-0.15, -0.1) is 11.3 Å². The number of carbonyl (C=O) groups excluding carboxylic acids is 1. The number of hydrogen-bond donors (Lipinski definition) is 1. The molecule has 0 aliphatic carbocycles. The van der Waals surface area contributed by atoms with E-state index in [0.29, 0.717) is 26.2 Å². The molecule has 1 fully saturated rings. The zero-order valence-corrected chi connectivity index (χ0v) is 16.4. The van der Waals surface area contributed by atoms with Crippen molar-refractivity contribution in [3.63, 3.8) is 0 Å². The minimum Gasteiger partial charge on any atom is -0.466 e. The summed E-state index contributed by atoms with van der Waals surface area (Å²) in [4.78, 5) is 23.5. The van der Waals surface area contributed by atoms with Gasteiger partial charge < -0.3 is 19.7 Å². The Morgan fingerprint density at radius 3 is 3.00 bits per heavy atom. The van der Waals surface area contributed by atoms with E-state index >= 15 is 0 Å². The van der Waals surface area contributed by atoms with Gasteiger partial charge >= 0.3 is 5.97 Å².